The van der Waals surface area contributed by atoms with E-state index in [1.165, 1.54) is 36.8 Å². The van der Waals surface area contributed by atoms with E-state index < -0.39 is 5.97 Å². The van der Waals surface area contributed by atoms with Gasteiger partial charge in [-0.1, -0.05) is 101 Å². The molecule has 0 heterocycles. The summed E-state index contributed by atoms with van der Waals surface area (Å²) >= 11 is 0. The van der Waals surface area contributed by atoms with Crippen LogP contribution in [0.2, 0.25) is 0 Å². The van der Waals surface area contributed by atoms with Crippen molar-refractivity contribution in [1.29, 1.82) is 0 Å². The van der Waals surface area contributed by atoms with Gasteiger partial charge in [0, 0.05) is 19.3 Å². The van der Waals surface area contributed by atoms with Crippen LogP contribution in [0.5, 0.6) is 0 Å². The fraction of sp³-hybridized carbons (Fsp3) is 0.636. The summed E-state index contributed by atoms with van der Waals surface area (Å²) in [5.41, 5.74) is 2.89. The first-order valence-electron chi connectivity index (χ1n) is 14.2. The second-order valence-corrected chi connectivity index (χ2v) is 10.4. The Morgan fingerprint density at radius 1 is 0.917 bits per heavy atom. The molecular formula is C33H54O3. The van der Waals surface area contributed by atoms with Crippen molar-refractivity contribution in [3.63, 3.8) is 0 Å². The highest BCUT2D eigenvalue weighted by Crippen LogP contribution is 2.37. The fourth-order valence-corrected chi connectivity index (χ4v) is 4.96. The number of allylic oxidation sites excluding steroid dienone is 9. The molecule has 0 amide bonds. The van der Waals surface area contributed by atoms with Crippen molar-refractivity contribution >= 4 is 11.8 Å². The number of carbonyl (C=O) groups is 2. The van der Waals surface area contributed by atoms with E-state index in [-0.39, 0.29) is 17.8 Å². The van der Waals surface area contributed by atoms with Crippen LogP contribution in [0.15, 0.2) is 60.3 Å². The van der Waals surface area contributed by atoms with Crippen molar-refractivity contribution in [1.82, 2.24) is 0 Å². The molecule has 0 aliphatic rings. The second kappa shape index (κ2) is 21.0. The molecular weight excluding hydrogens is 444 g/mol. The zero-order chi connectivity index (χ0) is 27.2. The lowest BCUT2D eigenvalue weighted by Gasteiger charge is -2.31. The lowest BCUT2D eigenvalue weighted by molar-refractivity contribution is -0.137. The predicted molar refractivity (Wildman–Crippen MR) is 156 cm³/mol. The molecule has 0 fully saturated rings. The standard InChI is InChI=1S/C33H54O3/c1-7-11-19-28(5)33(6,26-9-3)27-18-14-17-23-31(34)22-16-13-15-21-30(24-25-32(35)36)29(10-4)20-12-8-2/h7-8,10-12,19-20,30H,2,9,13-18,21-27H2,1,3-6H3,(H,35,36)/b11-7-,20-12-,28-19+,29-10+. The Hall–Kier alpha value is -2.16. The molecule has 0 saturated carbocycles. The molecule has 0 saturated heterocycles. The molecule has 2 atom stereocenters. The van der Waals surface area contributed by atoms with Gasteiger partial charge in [0.2, 0.25) is 0 Å². The van der Waals surface area contributed by atoms with Gasteiger partial charge in [-0.25, -0.2) is 0 Å². The van der Waals surface area contributed by atoms with E-state index in [2.05, 4.69) is 58.6 Å². The number of carboxylic acids is 1. The maximum absolute atomic E-state index is 12.4. The monoisotopic (exact) mass is 498 g/mol. The molecule has 3 nitrogen and oxygen atoms in total. The molecule has 0 bridgehead atoms. The summed E-state index contributed by atoms with van der Waals surface area (Å²) in [6.45, 7) is 14.7. The number of carbonyl (C=O) groups excluding carboxylic acids is 1. The summed E-state index contributed by atoms with van der Waals surface area (Å²) in [5, 5.41) is 9.09. The van der Waals surface area contributed by atoms with Crippen molar-refractivity contribution in [3.8, 4) is 0 Å². The van der Waals surface area contributed by atoms with Crippen LogP contribution in [-0.2, 0) is 9.59 Å². The molecule has 0 aromatic carbocycles. The van der Waals surface area contributed by atoms with Crippen LogP contribution >= 0.6 is 0 Å². The van der Waals surface area contributed by atoms with Gasteiger partial charge in [-0.05, 0) is 76.2 Å². The Labute approximate surface area is 222 Å². The zero-order valence-electron chi connectivity index (χ0n) is 24.0. The Bertz CT molecular complexity index is 753. The number of ketones is 1. The fourth-order valence-electron chi connectivity index (χ4n) is 4.96. The molecule has 0 aliphatic carbocycles. The maximum Gasteiger partial charge on any atom is 0.303 e. The molecule has 204 valence electrons. The average molecular weight is 499 g/mol. The minimum atomic E-state index is -0.746. The normalized spacial score (nSPS) is 15.4. The highest BCUT2D eigenvalue weighted by atomic mass is 16.4. The number of rotatable bonds is 22. The summed E-state index contributed by atoms with van der Waals surface area (Å²) in [4.78, 5) is 23.4. The van der Waals surface area contributed by atoms with Crippen LogP contribution in [-0.4, -0.2) is 16.9 Å². The lowest BCUT2D eigenvalue weighted by Crippen LogP contribution is -2.18. The van der Waals surface area contributed by atoms with Crippen LogP contribution in [0.1, 0.15) is 125 Å². The van der Waals surface area contributed by atoms with Crippen molar-refractivity contribution in [3.05, 3.63) is 60.3 Å². The van der Waals surface area contributed by atoms with Gasteiger partial charge < -0.3 is 5.11 Å². The quantitative estimate of drug-likeness (QED) is 0.119. The molecule has 0 aromatic rings. The van der Waals surface area contributed by atoms with Crippen LogP contribution in [0.4, 0.5) is 0 Å². The van der Waals surface area contributed by atoms with E-state index >= 15 is 0 Å². The van der Waals surface area contributed by atoms with E-state index in [1.54, 1.807) is 6.08 Å². The number of unbranched alkanes of at least 4 members (excludes halogenated alkanes) is 4. The summed E-state index contributed by atoms with van der Waals surface area (Å²) < 4.78 is 0. The van der Waals surface area contributed by atoms with E-state index in [0.717, 1.165) is 38.5 Å². The van der Waals surface area contributed by atoms with Crippen LogP contribution < -0.4 is 0 Å². The third-order valence-corrected chi connectivity index (χ3v) is 7.42. The molecule has 2 unspecified atom stereocenters. The van der Waals surface area contributed by atoms with E-state index in [4.69, 9.17) is 5.11 Å². The maximum atomic E-state index is 12.4. The average Bonchev–Trinajstić information content (AvgIpc) is 2.85. The van der Waals surface area contributed by atoms with Crippen molar-refractivity contribution in [2.75, 3.05) is 0 Å². The second-order valence-electron chi connectivity index (χ2n) is 10.4. The number of carboxylic acid groups (broad SMARTS) is 1. The Morgan fingerprint density at radius 3 is 2.14 bits per heavy atom. The Kier molecular flexibility index (Phi) is 19.7. The largest absolute Gasteiger partial charge is 0.481 e. The molecule has 36 heavy (non-hydrogen) atoms. The summed E-state index contributed by atoms with van der Waals surface area (Å²) in [6.07, 6.45) is 27.3. The first-order chi connectivity index (χ1) is 17.2. The Morgan fingerprint density at radius 2 is 1.58 bits per heavy atom. The van der Waals surface area contributed by atoms with Gasteiger partial charge in [-0.15, -0.1) is 0 Å². The number of aliphatic carboxylic acids is 1. The van der Waals surface area contributed by atoms with Gasteiger partial charge in [0.25, 0.3) is 0 Å². The number of hydrogen-bond donors (Lipinski definition) is 1. The third kappa shape index (κ3) is 15.8. The topological polar surface area (TPSA) is 54.4 Å². The molecule has 0 radical (unpaired) electrons. The highest BCUT2D eigenvalue weighted by Gasteiger charge is 2.24. The molecule has 0 aliphatic heterocycles. The third-order valence-electron chi connectivity index (χ3n) is 7.42. The summed E-state index contributed by atoms with van der Waals surface area (Å²) in [7, 11) is 0. The number of Topliss-reactive ketones (excluding diaryl/α,β-unsaturated/α-hetero) is 1. The van der Waals surface area contributed by atoms with Gasteiger partial charge in [-0.3, -0.25) is 9.59 Å². The van der Waals surface area contributed by atoms with Crippen LogP contribution in [0, 0.1) is 11.3 Å². The van der Waals surface area contributed by atoms with Crippen molar-refractivity contribution in [2.45, 2.75) is 125 Å². The first kappa shape index (κ1) is 33.8. The summed E-state index contributed by atoms with van der Waals surface area (Å²) in [6, 6.07) is 0. The predicted octanol–water partition coefficient (Wildman–Crippen LogP) is 9.95. The molecule has 3 heteroatoms. The Balaban J connectivity index is 4.33. The minimum absolute atomic E-state index is 0.186. The van der Waals surface area contributed by atoms with Gasteiger partial charge in [0.05, 0.1) is 0 Å². The van der Waals surface area contributed by atoms with E-state index in [9.17, 15) is 9.59 Å². The van der Waals surface area contributed by atoms with Gasteiger partial charge in [0.1, 0.15) is 5.78 Å². The molecule has 0 spiro atoms. The molecule has 1 N–H and O–H groups in total. The highest BCUT2D eigenvalue weighted by molar-refractivity contribution is 5.78. The zero-order valence-corrected chi connectivity index (χ0v) is 24.0. The molecule has 0 aromatic heterocycles. The van der Waals surface area contributed by atoms with E-state index in [0.29, 0.717) is 25.0 Å². The SMILES string of the molecule is C=C/C=C\C(=C/C)C(CCCCCC(=O)CCCCCC(C)(CCC)/C(C)=C/C=C\C)CCC(=O)O. The van der Waals surface area contributed by atoms with Crippen molar-refractivity contribution < 1.29 is 14.7 Å². The van der Waals surface area contributed by atoms with Crippen LogP contribution in [0.3, 0.4) is 0 Å². The number of hydrogen-bond acceptors (Lipinski definition) is 2. The van der Waals surface area contributed by atoms with Gasteiger partial charge in [0.15, 0.2) is 0 Å². The van der Waals surface area contributed by atoms with Gasteiger partial charge >= 0.3 is 5.97 Å². The van der Waals surface area contributed by atoms with Gasteiger partial charge in [-0.2, -0.15) is 0 Å². The minimum Gasteiger partial charge on any atom is -0.481 e. The summed E-state index contributed by atoms with van der Waals surface area (Å²) in [5.74, 6) is -0.113. The van der Waals surface area contributed by atoms with Crippen molar-refractivity contribution in [2.24, 2.45) is 11.3 Å². The smallest absolute Gasteiger partial charge is 0.303 e. The first-order valence-corrected chi connectivity index (χ1v) is 14.2. The molecule has 0 rings (SSSR count). The van der Waals surface area contributed by atoms with E-state index in [1.807, 2.05) is 19.1 Å². The lowest BCUT2D eigenvalue weighted by atomic mass is 9.74. The van der Waals surface area contributed by atoms with Crippen LogP contribution in [0.25, 0.3) is 0 Å².